The van der Waals surface area contributed by atoms with Gasteiger partial charge in [-0.3, -0.25) is 4.79 Å². The second-order valence-corrected chi connectivity index (χ2v) is 7.35. The van der Waals surface area contributed by atoms with Gasteiger partial charge in [0, 0.05) is 32.4 Å². The van der Waals surface area contributed by atoms with Gasteiger partial charge >= 0.3 is 0 Å². The molecule has 4 rings (SSSR count). The van der Waals surface area contributed by atoms with Crippen LogP contribution in [0.1, 0.15) is 18.9 Å². The van der Waals surface area contributed by atoms with Crippen molar-refractivity contribution in [3.8, 4) is 5.75 Å². The van der Waals surface area contributed by atoms with Crippen molar-refractivity contribution in [3.63, 3.8) is 0 Å². The van der Waals surface area contributed by atoms with Gasteiger partial charge in [0.15, 0.2) is 5.65 Å². The molecule has 9 heteroatoms. The van der Waals surface area contributed by atoms with Crippen molar-refractivity contribution < 1.29 is 9.53 Å². The summed E-state index contributed by atoms with van der Waals surface area (Å²) in [7, 11) is 3.63. The Kier molecular flexibility index (Phi) is 5.66. The minimum Gasteiger partial charge on any atom is -0.492 e. The van der Waals surface area contributed by atoms with Crippen molar-refractivity contribution in [1.82, 2.24) is 24.8 Å². The van der Waals surface area contributed by atoms with E-state index in [4.69, 9.17) is 9.72 Å². The number of ether oxygens (including phenoxy) is 1. The minimum absolute atomic E-state index is 0.0661. The zero-order valence-corrected chi connectivity index (χ0v) is 18.0. The number of amides is 1. The fourth-order valence-electron chi connectivity index (χ4n) is 3.65. The Morgan fingerprint density at radius 3 is 2.87 bits per heavy atom. The molecule has 1 aromatic carbocycles. The van der Waals surface area contributed by atoms with Crippen molar-refractivity contribution in [3.05, 3.63) is 48.7 Å². The normalized spacial score (nSPS) is 15.9. The first-order chi connectivity index (χ1) is 15.0. The van der Waals surface area contributed by atoms with Crippen molar-refractivity contribution in [2.24, 2.45) is 0 Å². The molecular weight excluding hydrogens is 394 g/mol. The molecule has 1 aliphatic heterocycles. The predicted octanol–water partition coefficient (Wildman–Crippen LogP) is 2.70. The first-order valence-electron chi connectivity index (χ1n) is 10.3. The van der Waals surface area contributed by atoms with Gasteiger partial charge < -0.3 is 25.6 Å². The monoisotopic (exact) mass is 421 g/mol. The Labute approximate surface area is 181 Å². The average molecular weight is 422 g/mol. The van der Waals surface area contributed by atoms with E-state index in [1.54, 1.807) is 22.7 Å². The lowest BCUT2D eigenvalue weighted by Gasteiger charge is -2.16. The summed E-state index contributed by atoms with van der Waals surface area (Å²) in [4.78, 5) is 18.8. The molecule has 2 aromatic heterocycles. The standard InChI is InChI=1S/C22H27N7O2/c1-5-31-18-9-7-6-8-16(18)26-19-12-20(23-3)29-21(27-19)15(13-24-29)14(2)25-17-10-11-28(4)22(17)30/h6-9,12-13,17,23,25H,2,5,10-11H2,1,3-4H3,(H,26,27)/t17-/m1/s1. The SMILES string of the molecule is C=C(N[C@@H]1CCN(C)C1=O)c1cnn2c(NC)cc(Nc3ccccc3OCC)nc12. The highest BCUT2D eigenvalue weighted by Gasteiger charge is 2.29. The molecule has 0 radical (unpaired) electrons. The summed E-state index contributed by atoms with van der Waals surface area (Å²) in [5.74, 6) is 2.21. The Morgan fingerprint density at radius 1 is 1.35 bits per heavy atom. The van der Waals surface area contributed by atoms with E-state index in [0.717, 1.165) is 35.8 Å². The second kappa shape index (κ2) is 8.55. The molecule has 3 N–H and O–H groups in total. The van der Waals surface area contributed by atoms with Gasteiger partial charge in [-0.05, 0) is 25.5 Å². The number of anilines is 3. The summed E-state index contributed by atoms with van der Waals surface area (Å²) >= 11 is 0. The van der Waals surface area contributed by atoms with Crippen molar-refractivity contribution in [2.45, 2.75) is 19.4 Å². The molecule has 1 saturated heterocycles. The van der Waals surface area contributed by atoms with Gasteiger partial charge in [0.2, 0.25) is 5.91 Å². The molecule has 3 heterocycles. The summed E-state index contributed by atoms with van der Waals surface area (Å²) in [6.45, 7) is 7.39. The van der Waals surface area contributed by atoms with Crippen LogP contribution >= 0.6 is 0 Å². The lowest BCUT2D eigenvalue weighted by atomic mass is 10.2. The van der Waals surface area contributed by atoms with Gasteiger partial charge in [-0.25, -0.2) is 4.98 Å². The van der Waals surface area contributed by atoms with Crippen LogP contribution in [0.5, 0.6) is 5.75 Å². The Morgan fingerprint density at radius 2 is 2.16 bits per heavy atom. The largest absolute Gasteiger partial charge is 0.492 e. The van der Waals surface area contributed by atoms with Gasteiger partial charge in [-0.15, -0.1) is 0 Å². The van der Waals surface area contributed by atoms with Gasteiger partial charge in [-0.1, -0.05) is 18.7 Å². The highest BCUT2D eigenvalue weighted by Crippen LogP contribution is 2.29. The van der Waals surface area contributed by atoms with Gasteiger partial charge in [0.25, 0.3) is 0 Å². The first-order valence-corrected chi connectivity index (χ1v) is 10.3. The number of carbonyl (C=O) groups is 1. The fraction of sp³-hybridized carbons (Fsp3) is 0.318. The second-order valence-electron chi connectivity index (χ2n) is 7.35. The minimum atomic E-state index is -0.282. The fourth-order valence-corrected chi connectivity index (χ4v) is 3.65. The zero-order valence-electron chi connectivity index (χ0n) is 18.0. The van der Waals surface area contributed by atoms with Crippen LogP contribution in [0.4, 0.5) is 17.3 Å². The molecule has 0 unspecified atom stereocenters. The van der Waals surface area contributed by atoms with Crippen LogP contribution < -0.4 is 20.7 Å². The summed E-state index contributed by atoms with van der Waals surface area (Å²) in [5, 5.41) is 14.2. The Hall–Kier alpha value is -3.75. The molecule has 9 nitrogen and oxygen atoms in total. The number of para-hydroxylation sites is 2. The number of rotatable bonds is 8. The number of likely N-dealkylation sites (tertiary alicyclic amines) is 1. The molecule has 1 amide bonds. The summed E-state index contributed by atoms with van der Waals surface area (Å²) in [5.41, 5.74) is 2.80. The van der Waals surface area contributed by atoms with Crippen LogP contribution in [0.3, 0.4) is 0 Å². The zero-order chi connectivity index (χ0) is 22.0. The molecular formula is C22H27N7O2. The number of aromatic nitrogens is 3. The van der Waals surface area contributed by atoms with E-state index >= 15 is 0 Å². The third-order valence-electron chi connectivity index (χ3n) is 5.28. The van der Waals surface area contributed by atoms with Crippen molar-refractivity contribution in [1.29, 1.82) is 0 Å². The molecule has 3 aromatic rings. The topological polar surface area (TPSA) is 95.8 Å². The number of carbonyl (C=O) groups excluding carboxylic acids is 1. The molecule has 0 spiro atoms. The Balaban J connectivity index is 1.66. The molecule has 162 valence electrons. The molecule has 1 atom stereocenters. The van der Waals surface area contributed by atoms with Crippen molar-refractivity contribution in [2.75, 3.05) is 37.9 Å². The van der Waals surface area contributed by atoms with E-state index in [-0.39, 0.29) is 11.9 Å². The quantitative estimate of drug-likeness (QED) is 0.515. The molecule has 1 fully saturated rings. The van der Waals surface area contributed by atoms with Crippen LogP contribution in [0.25, 0.3) is 11.3 Å². The third-order valence-corrected chi connectivity index (χ3v) is 5.28. The van der Waals surface area contributed by atoms with Gasteiger partial charge in [0.05, 0.1) is 24.1 Å². The van der Waals surface area contributed by atoms with E-state index in [9.17, 15) is 4.79 Å². The summed E-state index contributed by atoms with van der Waals surface area (Å²) in [6.07, 6.45) is 2.45. The summed E-state index contributed by atoms with van der Waals surface area (Å²) in [6, 6.07) is 9.31. The van der Waals surface area contributed by atoms with E-state index in [0.29, 0.717) is 23.8 Å². The molecule has 0 bridgehead atoms. The number of hydrogen-bond acceptors (Lipinski definition) is 7. The number of nitrogens with one attached hydrogen (secondary N) is 3. The van der Waals surface area contributed by atoms with Crippen LogP contribution in [0.2, 0.25) is 0 Å². The number of fused-ring (bicyclic) bond motifs is 1. The third kappa shape index (κ3) is 3.98. The lowest BCUT2D eigenvalue weighted by Crippen LogP contribution is -2.35. The van der Waals surface area contributed by atoms with Crippen LogP contribution in [0, 0.1) is 0 Å². The van der Waals surface area contributed by atoms with Gasteiger partial charge in [-0.2, -0.15) is 9.61 Å². The maximum Gasteiger partial charge on any atom is 0.244 e. The summed E-state index contributed by atoms with van der Waals surface area (Å²) < 4.78 is 7.42. The number of benzene rings is 1. The van der Waals surface area contributed by atoms with Crippen LogP contribution in [-0.2, 0) is 4.79 Å². The molecule has 1 aliphatic rings. The van der Waals surface area contributed by atoms with E-state index < -0.39 is 0 Å². The Bertz CT molecular complexity index is 1120. The number of hydrogen-bond donors (Lipinski definition) is 3. The highest BCUT2D eigenvalue weighted by atomic mass is 16.5. The molecule has 0 aliphatic carbocycles. The molecule has 31 heavy (non-hydrogen) atoms. The van der Waals surface area contributed by atoms with Gasteiger partial charge in [0.1, 0.15) is 23.4 Å². The first kappa shape index (κ1) is 20.5. The smallest absolute Gasteiger partial charge is 0.244 e. The number of nitrogens with zero attached hydrogens (tertiary/aromatic N) is 4. The molecule has 0 saturated carbocycles. The van der Waals surface area contributed by atoms with Crippen molar-refractivity contribution >= 4 is 34.6 Å². The van der Waals surface area contributed by atoms with Crippen LogP contribution in [0.15, 0.2) is 43.1 Å². The van der Waals surface area contributed by atoms with E-state index in [1.165, 1.54) is 0 Å². The maximum absolute atomic E-state index is 12.3. The van der Waals surface area contributed by atoms with Crippen LogP contribution in [-0.4, -0.2) is 58.7 Å². The lowest BCUT2D eigenvalue weighted by molar-refractivity contribution is -0.128. The number of likely N-dealkylation sites (N-methyl/N-ethyl adjacent to an activating group) is 1. The predicted molar refractivity (Wildman–Crippen MR) is 122 cm³/mol. The maximum atomic E-state index is 12.3. The highest BCUT2D eigenvalue weighted by molar-refractivity contribution is 5.86. The van der Waals surface area contributed by atoms with E-state index in [2.05, 4.69) is 27.6 Å². The average Bonchev–Trinajstić information content (AvgIpc) is 3.33. The van der Waals surface area contributed by atoms with E-state index in [1.807, 2.05) is 44.3 Å².